The van der Waals surface area contributed by atoms with Crippen molar-refractivity contribution in [3.05, 3.63) is 71.3 Å². The third-order valence-corrected chi connectivity index (χ3v) is 2.73. The first kappa shape index (κ1) is 13.9. The summed E-state index contributed by atoms with van der Waals surface area (Å²) in [4.78, 5) is 11.9. The molecular formula is C16H12F2O2. The topological polar surface area (TPSA) is 26.3 Å². The monoisotopic (exact) mass is 274 g/mol. The molecule has 0 unspecified atom stereocenters. The van der Waals surface area contributed by atoms with Crippen LogP contribution in [0.3, 0.4) is 0 Å². The third kappa shape index (κ3) is 3.09. The fourth-order valence-corrected chi connectivity index (χ4v) is 1.70. The molecule has 0 radical (unpaired) electrons. The van der Waals surface area contributed by atoms with Crippen molar-refractivity contribution in [1.29, 1.82) is 0 Å². The second-order valence-electron chi connectivity index (χ2n) is 4.07. The summed E-state index contributed by atoms with van der Waals surface area (Å²) in [6.07, 6.45) is 2.75. The van der Waals surface area contributed by atoms with Gasteiger partial charge in [0.15, 0.2) is 17.3 Å². The number of hydrogen-bond donors (Lipinski definition) is 0. The molecular weight excluding hydrogens is 262 g/mol. The van der Waals surface area contributed by atoms with E-state index in [-0.39, 0.29) is 11.3 Å². The summed E-state index contributed by atoms with van der Waals surface area (Å²) in [6, 6.07) is 10.8. The number of allylic oxidation sites excluding steroid dienone is 1. The maximum Gasteiger partial charge on any atom is 0.188 e. The van der Waals surface area contributed by atoms with Crippen molar-refractivity contribution in [3.63, 3.8) is 0 Å². The molecule has 2 aromatic rings. The summed E-state index contributed by atoms with van der Waals surface area (Å²) in [5.74, 6) is -2.42. The van der Waals surface area contributed by atoms with Crippen molar-refractivity contribution in [1.82, 2.24) is 0 Å². The van der Waals surface area contributed by atoms with E-state index >= 15 is 0 Å². The van der Waals surface area contributed by atoms with Crippen LogP contribution in [0.25, 0.3) is 6.08 Å². The minimum atomic E-state index is -0.814. The first-order chi connectivity index (χ1) is 9.61. The van der Waals surface area contributed by atoms with Gasteiger partial charge in [-0.3, -0.25) is 4.79 Å². The molecule has 2 nitrogen and oxygen atoms in total. The predicted molar refractivity (Wildman–Crippen MR) is 72.7 cm³/mol. The molecule has 0 aromatic heterocycles. The highest BCUT2D eigenvalue weighted by Gasteiger charge is 2.14. The van der Waals surface area contributed by atoms with Crippen LogP contribution in [0, 0.1) is 11.6 Å². The van der Waals surface area contributed by atoms with Gasteiger partial charge < -0.3 is 4.74 Å². The van der Waals surface area contributed by atoms with Crippen LogP contribution in [0.4, 0.5) is 8.78 Å². The number of hydrogen-bond acceptors (Lipinski definition) is 2. The van der Waals surface area contributed by atoms with Crippen LogP contribution in [-0.4, -0.2) is 12.9 Å². The van der Waals surface area contributed by atoms with Gasteiger partial charge in [0.1, 0.15) is 5.82 Å². The molecule has 0 saturated carbocycles. The van der Waals surface area contributed by atoms with Crippen LogP contribution in [0.1, 0.15) is 15.9 Å². The van der Waals surface area contributed by atoms with E-state index in [1.165, 1.54) is 13.2 Å². The lowest BCUT2D eigenvalue weighted by Gasteiger charge is -2.04. The number of rotatable bonds is 4. The number of halogens is 2. The lowest BCUT2D eigenvalue weighted by Crippen LogP contribution is -2.01. The second kappa shape index (κ2) is 6.10. The highest BCUT2D eigenvalue weighted by Crippen LogP contribution is 2.22. The summed E-state index contributed by atoms with van der Waals surface area (Å²) in [7, 11) is 1.23. The molecule has 0 saturated heterocycles. The first-order valence-electron chi connectivity index (χ1n) is 5.92. The van der Waals surface area contributed by atoms with Crippen molar-refractivity contribution in [2.75, 3.05) is 7.11 Å². The van der Waals surface area contributed by atoms with E-state index in [4.69, 9.17) is 0 Å². The Hall–Kier alpha value is -2.49. The molecule has 0 atom stereocenters. The summed E-state index contributed by atoms with van der Waals surface area (Å²) in [5, 5.41) is 0. The molecule has 2 rings (SSSR count). The van der Waals surface area contributed by atoms with Gasteiger partial charge in [0.2, 0.25) is 0 Å². The molecule has 20 heavy (non-hydrogen) atoms. The van der Waals surface area contributed by atoms with Gasteiger partial charge in [0.25, 0.3) is 0 Å². The zero-order valence-corrected chi connectivity index (χ0v) is 10.8. The number of ketones is 1. The van der Waals surface area contributed by atoms with Gasteiger partial charge in [-0.15, -0.1) is 0 Å². The first-order valence-corrected chi connectivity index (χ1v) is 5.92. The van der Waals surface area contributed by atoms with Crippen LogP contribution in [0.15, 0.2) is 48.5 Å². The van der Waals surface area contributed by atoms with Crippen molar-refractivity contribution >= 4 is 11.9 Å². The minimum absolute atomic E-state index is 0.230. The zero-order chi connectivity index (χ0) is 14.5. The molecule has 0 aliphatic carbocycles. The second-order valence-corrected chi connectivity index (χ2v) is 4.07. The molecule has 0 spiro atoms. The summed E-state index contributed by atoms with van der Waals surface area (Å²) in [6.45, 7) is 0. The van der Waals surface area contributed by atoms with E-state index < -0.39 is 17.4 Å². The Morgan fingerprint density at radius 1 is 1.10 bits per heavy atom. The van der Waals surface area contributed by atoms with E-state index in [9.17, 15) is 13.6 Å². The Kier molecular flexibility index (Phi) is 4.25. The van der Waals surface area contributed by atoms with Gasteiger partial charge in [-0.05, 0) is 17.7 Å². The van der Waals surface area contributed by atoms with Gasteiger partial charge >= 0.3 is 0 Å². The van der Waals surface area contributed by atoms with Crippen molar-refractivity contribution in [2.24, 2.45) is 0 Å². The summed E-state index contributed by atoms with van der Waals surface area (Å²) in [5.41, 5.74) is 0.478. The van der Waals surface area contributed by atoms with Gasteiger partial charge in [-0.25, -0.2) is 8.78 Å². The predicted octanol–water partition coefficient (Wildman–Crippen LogP) is 3.87. The summed E-state index contributed by atoms with van der Waals surface area (Å²) < 4.78 is 31.8. The fraction of sp³-hybridized carbons (Fsp3) is 0.0625. The van der Waals surface area contributed by atoms with E-state index in [1.54, 1.807) is 18.2 Å². The smallest absolute Gasteiger partial charge is 0.188 e. The van der Waals surface area contributed by atoms with Crippen LogP contribution in [0.5, 0.6) is 5.75 Å². The Labute approximate surface area is 115 Å². The Morgan fingerprint density at radius 2 is 1.80 bits per heavy atom. The Balaban J connectivity index is 2.26. The van der Waals surface area contributed by atoms with E-state index in [1.807, 2.05) is 18.2 Å². The molecule has 0 bridgehead atoms. The molecule has 0 aliphatic heterocycles. The van der Waals surface area contributed by atoms with Gasteiger partial charge in [-0.2, -0.15) is 0 Å². The SMILES string of the molecule is COc1cc(F)c(C(=O)/C=C/c2ccccc2)cc1F. The average molecular weight is 274 g/mol. The van der Waals surface area contributed by atoms with Gasteiger partial charge in [-0.1, -0.05) is 36.4 Å². The largest absolute Gasteiger partial charge is 0.494 e. The maximum atomic E-state index is 13.7. The molecule has 0 heterocycles. The molecule has 0 amide bonds. The van der Waals surface area contributed by atoms with Crippen molar-refractivity contribution in [2.45, 2.75) is 0 Å². The average Bonchev–Trinajstić information content (AvgIpc) is 2.47. The zero-order valence-electron chi connectivity index (χ0n) is 10.8. The number of benzene rings is 2. The van der Waals surface area contributed by atoms with Crippen molar-refractivity contribution in [3.8, 4) is 5.75 Å². The van der Waals surface area contributed by atoms with Gasteiger partial charge in [0.05, 0.1) is 12.7 Å². The number of methoxy groups -OCH3 is 1. The lowest BCUT2D eigenvalue weighted by atomic mass is 10.1. The third-order valence-electron chi connectivity index (χ3n) is 2.73. The molecule has 0 N–H and O–H groups in total. The molecule has 4 heteroatoms. The molecule has 0 aliphatic rings. The van der Waals surface area contributed by atoms with Crippen LogP contribution in [0.2, 0.25) is 0 Å². The fourth-order valence-electron chi connectivity index (χ4n) is 1.70. The van der Waals surface area contributed by atoms with Crippen molar-refractivity contribution < 1.29 is 18.3 Å². The van der Waals surface area contributed by atoms with Gasteiger partial charge in [0, 0.05) is 6.07 Å². The van der Waals surface area contributed by atoms with Crippen LogP contribution < -0.4 is 4.74 Å². The molecule has 2 aromatic carbocycles. The van der Waals surface area contributed by atoms with Crippen LogP contribution >= 0.6 is 0 Å². The number of carbonyl (C=O) groups excluding carboxylic acids is 1. The maximum absolute atomic E-state index is 13.7. The highest BCUT2D eigenvalue weighted by molar-refractivity contribution is 6.07. The van der Waals surface area contributed by atoms with E-state index in [2.05, 4.69) is 4.74 Å². The lowest BCUT2D eigenvalue weighted by molar-refractivity contribution is 0.104. The van der Waals surface area contributed by atoms with E-state index in [0.717, 1.165) is 17.7 Å². The Bertz CT molecular complexity index is 649. The molecule has 102 valence electrons. The number of carbonyl (C=O) groups is 1. The standard InChI is InChI=1S/C16H12F2O2/c1-20-16-10-13(17)12(9-14(16)18)15(19)8-7-11-5-3-2-4-6-11/h2-10H,1H3/b8-7+. The highest BCUT2D eigenvalue weighted by atomic mass is 19.1. The minimum Gasteiger partial charge on any atom is -0.494 e. The number of ether oxygens (including phenoxy) is 1. The normalized spacial score (nSPS) is 10.8. The Morgan fingerprint density at radius 3 is 2.45 bits per heavy atom. The molecule has 0 fully saturated rings. The quantitative estimate of drug-likeness (QED) is 0.625. The van der Waals surface area contributed by atoms with E-state index in [0.29, 0.717) is 0 Å². The van der Waals surface area contributed by atoms with Crippen LogP contribution in [-0.2, 0) is 0 Å². The summed E-state index contributed by atoms with van der Waals surface area (Å²) >= 11 is 0.